The highest BCUT2D eigenvalue weighted by Gasteiger charge is 2.32. The highest BCUT2D eigenvalue weighted by atomic mass is 32.2. The lowest BCUT2D eigenvalue weighted by Gasteiger charge is -2.22. The van der Waals surface area contributed by atoms with Gasteiger partial charge < -0.3 is 4.98 Å². The Morgan fingerprint density at radius 1 is 1.16 bits per heavy atom. The lowest BCUT2D eigenvalue weighted by atomic mass is 10.0. The number of fused-ring (bicyclic) bond motifs is 2. The maximum absolute atomic E-state index is 14.0. The highest BCUT2D eigenvalue weighted by Crippen LogP contribution is 2.31. The Labute approximate surface area is 217 Å². The number of carbonyl (C=O) groups is 1. The molecule has 0 saturated carbocycles. The molecule has 0 saturated heterocycles. The molecule has 0 radical (unpaired) electrons. The molecule has 2 N–H and O–H groups in total. The number of H-pyrrole nitrogens is 1. The fraction of sp³-hybridized carbons (Fsp3) is 0.444. The van der Waals surface area contributed by atoms with Gasteiger partial charge in [-0.05, 0) is 64.8 Å². The van der Waals surface area contributed by atoms with Crippen molar-refractivity contribution in [2.75, 3.05) is 0 Å². The molecule has 1 aromatic carbocycles. The highest BCUT2D eigenvalue weighted by molar-refractivity contribution is 7.91. The van der Waals surface area contributed by atoms with E-state index in [1.165, 1.54) is 20.8 Å². The van der Waals surface area contributed by atoms with Crippen LogP contribution in [0.25, 0.3) is 22.1 Å². The van der Waals surface area contributed by atoms with E-state index >= 15 is 0 Å². The van der Waals surface area contributed by atoms with Crippen LogP contribution in [0.4, 0.5) is 0 Å². The minimum Gasteiger partial charge on any atom is -0.361 e. The molecule has 3 aromatic heterocycles. The summed E-state index contributed by atoms with van der Waals surface area (Å²) in [5, 5.41) is 1.07. The smallest absolute Gasteiger partial charge is 0.331 e. The molecule has 10 heteroatoms. The van der Waals surface area contributed by atoms with E-state index in [1.807, 2.05) is 51.2 Å². The number of aryl methyl sites for hydroxylation is 1. The van der Waals surface area contributed by atoms with Gasteiger partial charge in [0.1, 0.15) is 0 Å². The predicted octanol–water partition coefficient (Wildman–Crippen LogP) is 4.57. The van der Waals surface area contributed by atoms with Crippen LogP contribution in [-0.4, -0.2) is 38.2 Å². The molecular weight excluding hydrogens is 490 g/mol. The maximum Gasteiger partial charge on any atom is 0.331 e. The van der Waals surface area contributed by atoms with Crippen molar-refractivity contribution in [1.29, 1.82) is 0 Å². The summed E-state index contributed by atoms with van der Waals surface area (Å²) >= 11 is 0. The molecule has 0 bridgehead atoms. The van der Waals surface area contributed by atoms with Gasteiger partial charge in [-0.2, -0.15) is 0 Å². The molecule has 0 aliphatic carbocycles. The maximum atomic E-state index is 14.0. The number of imidazole rings is 1. The van der Waals surface area contributed by atoms with Crippen molar-refractivity contribution in [1.82, 2.24) is 23.8 Å². The number of sulfonamides is 1. The molecule has 2 atom stereocenters. The average molecular weight is 526 g/mol. The van der Waals surface area contributed by atoms with Crippen LogP contribution in [0.1, 0.15) is 77.1 Å². The molecule has 1 amide bonds. The quantitative estimate of drug-likeness (QED) is 0.349. The first-order valence-electron chi connectivity index (χ1n) is 12.6. The number of nitrogens with zero attached hydrogens (tertiary/aromatic N) is 3. The third-order valence-electron chi connectivity index (χ3n) is 6.91. The van der Waals surface area contributed by atoms with E-state index in [0.29, 0.717) is 24.0 Å². The van der Waals surface area contributed by atoms with Crippen molar-refractivity contribution in [2.45, 2.75) is 77.6 Å². The van der Waals surface area contributed by atoms with E-state index in [0.717, 1.165) is 22.0 Å². The molecule has 1 unspecified atom stereocenters. The number of benzene rings is 1. The van der Waals surface area contributed by atoms with Gasteiger partial charge in [0.15, 0.2) is 5.65 Å². The van der Waals surface area contributed by atoms with Crippen LogP contribution in [0, 0.1) is 6.92 Å². The Hall–Kier alpha value is -3.40. The summed E-state index contributed by atoms with van der Waals surface area (Å²) in [7, 11) is -3.87. The summed E-state index contributed by atoms with van der Waals surface area (Å²) in [6.07, 6.45) is 4.62. The van der Waals surface area contributed by atoms with Gasteiger partial charge in [0.25, 0.3) is 0 Å². The second-order valence-electron chi connectivity index (χ2n) is 10.6. The molecule has 4 rings (SSSR count). The zero-order valence-electron chi connectivity index (χ0n) is 22.2. The molecule has 4 aromatic rings. The molecule has 0 aliphatic rings. The number of pyridine rings is 1. The second kappa shape index (κ2) is 9.81. The van der Waals surface area contributed by atoms with Crippen molar-refractivity contribution in [3.8, 4) is 0 Å². The number of hydrogen-bond donors (Lipinski definition) is 2. The van der Waals surface area contributed by atoms with Crippen molar-refractivity contribution in [3.63, 3.8) is 0 Å². The standard InChI is InChI=1S/C27H35N5O4S/c1-7-10-19(15-23(33)30-37(35,36)27(4,5)6)32-25-22(13-9-14-28-25)31(26(32)34)18(3)20-16-29-21-12-8-11-17(2)24(20)21/h8-9,11-14,16,18-19,29H,7,10,15H2,1-6H3,(H,30,33)/t18-,19?/m0/s1. The Morgan fingerprint density at radius 2 is 1.89 bits per heavy atom. The van der Waals surface area contributed by atoms with Gasteiger partial charge in [-0.1, -0.05) is 25.5 Å². The lowest BCUT2D eigenvalue weighted by molar-refractivity contribution is -0.120. The zero-order valence-corrected chi connectivity index (χ0v) is 23.0. The number of rotatable bonds is 8. The zero-order chi connectivity index (χ0) is 27.1. The predicted molar refractivity (Wildman–Crippen MR) is 146 cm³/mol. The number of nitrogens with one attached hydrogen (secondary N) is 2. The van der Waals surface area contributed by atoms with Gasteiger partial charge >= 0.3 is 5.69 Å². The number of aromatic nitrogens is 4. The topological polar surface area (TPSA) is 119 Å². The van der Waals surface area contributed by atoms with Gasteiger partial charge in [0, 0.05) is 41.3 Å². The molecule has 3 heterocycles. The van der Waals surface area contributed by atoms with Gasteiger partial charge in [0.2, 0.25) is 15.9 Å². The van der Waals surface area contributed by atoms with E-state index in [2.05, 4.69) is 14.7 Å². The normalized spacial score (nSPS) is 14.2. The monoisotopic (exact) mass is 525 g/mol. The van der Waals surface area contributed by atoms with Crippen molar-refractivity contribution < 1.29 is 13.2 Å². The van der Waals surface area contributed by atoms with Crippen LogP contribution < -0.4 is 10.4 Å². The molecule has 0 fully saturated rings. The van der Waals surface area contributed by atoms with Crippen LogP contribution in [0.3, 0.4) is 0 Å². The summed E-state index contributed by atoms with van der Waals surface area (Å²) in [5.41, 5.74) is 3.94. The fourth-order valence-electron chi connectivity index (χ4n) is 4.86. The Bertz CT molecular complexity index is 1620. The summed E-state index contributed by atoms with van der Waals surface area (Å²) in [6, 6.07) is 8.81. The Balaban J connectivity index is 1.81. The molecule has 0 spiro atoms. The lowest BCUT2D eigenvalue weighted by Crippen LogP contribution is -2.43. The number of aromatic amines is 1. The summed E-state index contributed by atoms with van der Waals surface area (Å²) < 4.78 is 29.4. The third kappa shape index (κ3) is 4.82. The van der Waals surface area contributed by atoms with Crippen molar-refractivity contribution in [2.24, 2.45) is 0 Å². The van der Waals surface area contributed by atoms with Crippen LogP contribution in [0.2, 0.25) is 0 Å². The first kappa shape index (κ1) is 26.7. The first-order chi connectivity index (χ1) is 17.4. The van der Waals surface area contributed by atoms with Crippen LogP contribution in [0.15, 0.2) is 47.5 Å². The van der Waals surface area contributed by atoms with Crippen molar-refractivity contribution in [3.05, 3.63) is 64.3 Å². The molecular formula is C27H35N5O4S. The molecule has 198 valence electrons. The number of carbonyl (C=O) groups excluding carboxylic acids is 1. The van der Waals surface area contributed by atoms with Crippen LogP contribution in [0.5, 0.6) is 0 Å². The van der Waals surface area contributed by atoms with E-state index in [9.17, 15) is 18.0 Å². The van der Waals surface area contributed by atoms with E-state index in [4.69, 9.17) is 0 Å². The van der Waals surface area contributed by atoms with Crippen LogP contribution in [-0.2, 0) is 14.8 Å². The SMILES string of the molecule is CCCC(CC(=O)NS(=O)(=O)C(C)(C)C)n1c(=O)n([C@@H](C)c2c[nH]c3cccc(C)c23)c2cccnc21. The van der Waals surface area contributed by atoms with Gasteiger partial charge in [0.05, 0.1) is 16.3 Å². The van der Waals surface area contributed by atoms with E-state index in [-0.39, 0.29) is 18.2 Å². The van der Waals surface area contributed by atoms with Gasteiger partial charge in [-0.3, -0.25) is 18.7 Å². The fourth-order valence-corrected chi connectivity index (χ4v) is 5.55. The first-order valence-corrected chi connectivity index (χ1v) is 14.0. The number of amides is 1. The number of hydrogen-bond acceptors (Lipinski definition) is 5. The Kier molecular flexibility index (Phi) is 7.07. The van der Waals surface area contributed by atoms with Gasteiger partial charge in [-0.25, -0.2) is 18.2 Å². The summed E-state index contributed by atoms with van der Waals surface area (Å²) in [4.78, 5) is 34.7. The average Bonchev–Trinajstić information content (AvgIpc) is 3.37. The minimum absolute atomic E-state index is 0.153. The largest absolute Gasteiger partial charge is 0.361 e. The summed E-state index contributed by atoms with van der Waals surface area (Å²) in [5.74, 6) is -0.641. The minimum atomic E-state index is -3.87. The van der Waals surface area contributed by atoms with Crippen molar-refractivity contribution >= 4 is 38.0 Å². The third-order valence-corrected chi connectivity index (χ3v) is 9.02. The molecule has 37 heavy (non-hydrogen) atoms. The van der Waals surface area contributed by atoms with Gasteiger partial charge in [-0.15, -0.1) is 0 Å². The molecule has 0 aliphatic heterocycles. The molecule has 9 nitrogen and oxygen atoms in total. The van der Waals surface area contributed by atoms with Crippen LogP contribution >= 0.6 is 0 Å². The second-order valence-corrected chi connectivity index (χ2v) is 13.0. The van der Waals surface area contributed by atoms with E-state index in [1.54, 1.807) is 21.4 Å². The van der Waals surface area contributed by atoms with E-state index < -0.39 is 26.7 Å². The summed E-state index contributed by atoms with van der Waals surface area (Å²) in [6.45, 7) is 10.6. The Morgan fingerprint density at radius 3 is 2.57 bits per heavy atom.